The van der Waals surface area contributed by atoms with Gasteiger partial charge in [-0.05, 0) is 55.2 Å². The van der Waals surface area contributed by atoms with E-state index in [0.29, 0.717) is 18.6 Å². The Morgan fingerprint density at radius 1 is 1.11 bits per heavy atom. The third-order valence-electron chi connectivity index (χ3n) is 4.97. The summed E-state index contributed by atoms with van der Waals surface area (Å²) in [6, 6.07) is 13.4. The molecular formula is C21H23N3O3. The van der Waals surface area contributed by atoms with E-state index in [9.17, 15) is 9.59 Å². The van der Waals surface area contributed by atoms with Gasteiger partial charge in [0.2, 0.25) is 5.91 Å². The Kier molecular flexibility index (Phi) is 4.96. The maximum atomic E-state index is 12.4. The van der Waals surface area contributed by atoms with Gasteiger partial charge in [-0.2, -0.15) is 0 Å². The van der Waals surface area contributed by atoms with Gasteiger partial charge in [-0.1, -0.05) is 12.1 Å². The first kappa shape index (κ1) is 17.4. The molecule has 6 heteroatoms. The van der Waals surface area contributed by atoms with Crippen LogP contribution in [0.15, 0.2) is 42.5 Å². The molecule has 2 aliphatic heterocycles. The summed E-state index contributed by atoms with van der Waals surface area (Å²) in [7, 11) is 0. The van der Waals surface area contributed by atoms with Crippen LogP contribution in [0.2, 0.25) is 0 Å². The number of aryl methyl sites for hydroxylation is 1. The molecule has 0 spiro atoms. The fraction of sp³-hybridized carbons (Fsp3) is 0.333. The van der Waals surface area contributed by atoms with E-state index in [1.165, 1.54) is 12.8 Å². The number of amides is 2. The van der Waals surface area contributed by atoms with E-state index in [1.807, 2.05) is 36.4 Å². The molecule has 0 bridgehead atoms. The van der Waals surface area contributed by atoms with Crippen LogP contribution in [0, 0.1) is 0 Å². The number of benzene rings is 2. The molecule has 1 fully saturated rings. The number of anilines is 3. The lowest BCUT2D eigenvalue weighted by Gasteiger charge is -2.21. The van der Waals surface area contributed by atoms with Crippen molar-refractivity contribution in [3.8, 4) is 5.75 Å². The van der Waals surface area contributed by atoms with Gasteiger partial charge >= 0.3 is 0 Å². The van der Waals surface area contributed by atoms with Crippen LogP contribution >= 0.6 is 0 Å². The van der Waals surface area contributed by atoms with Crippen molar-refractivity contribution < 1.29 is 14.3 Å². The Hall–Kier alpha value is -3.02. The molecule has 0 atom stereocenters. The molecule has 4 rings (SSSR count). The summed E-state index contributed by atoms with van der Waals surface area (Å²) in [5.41, 5.74) is 3.74. The molecule has 27 heavy (non-hydrogen) atoms. The first-order chi connectivity index (χ1) is 13.2. The van der Waals surface area contributed by atoms with Gasteiger partial charge in [0.15, 0.2) is 6.61 Å². The quantitative estimate of drug-likeness (QED) is 0.854. The summed E-state index contributed by atoms with van der Waals surface area (Å²) in [6.07, 6.45) is 3.53. The van der Waals surface area contributed by atoms with E-state index >= 15 is 0 Å². The van der Waals surface area contributed by atoms with Crippen LogP contribution in [0.3, 0.4) is 0 Å². The van der Waals surface area contributed by atoms with Crippen LogP contribution in [0.5, 0.6) is 5.75 Å². The molecule has 0 unspecified atom stereocenters. The van der Waals surface area contributed by atoms with Gasteiger partial charge in [-0.25, -0.2) is 0 Å². The van der Waals surface area contributed by atoms with Gasteiger partial charge in [-0.15, -0.1) is 0 Å². The van der Waals surface area contributed by atoms with Crippen LogP contribution < -0.4 is 20.3 Å². The van der Waals surface area contributed by atoms with Crippen molar-refractivity contribution in [1.82, 2.24) is 0 Å². The molecule has 0 saturated carbocycles. The van der Waals surface area contributed by atoms with Crippen molar-refractivity contribution in [2.45, 2.75) is 25.7 Å². The van der Waals surface area contributed by atoms with Gasteiger partial charge < -0.3 is 20.3 Å². The third-order valence-corrected chi connectivity index (χ3v) is 4.97. The summed E-state index contributed by atoms with van der Waals surface area (Å²) in [6.45, 7) is 1.99. The van der Waals surface area contributed by atoms with E-state index in [1.54, 1.807) is 6.07 Å². The van der Waals surface area contributed by atoms with Crippen LogP contribution in [0.1, 0.15) is 24.8 Å². The van der Waals surface area contributed by atoms with Gasteiger partial charge in [-0.3, -0.25) is 9.59 Å². The van der Waals surface area contributed by atoms with Crippen molar-refractivity contribution in [1.29, 1.82) is 0 Å². The standard InChI is InChI=1S/C21H23N3O3/c25-20-10-7-15-13-16(8-9-17(15)22-20)27-14-21(26)23-18-5-1-2-6-19(18)24-11-3-4-12-24/h1-2,5-6,8-9,13H,3-4,7,10-12,14H2,(H,22,25)(H,23,26). The van der Waals surface area contributed by atoms with Gasteiger partial charge in [0, 0.05) is 25.2 Å². The lowest BCUT2D eigenvalue weighted by Crippen LogP contribution is -2.24. The van der Waals surface area contributed by atoms with E-state index < -0.39 is 0 Å². The highest BCUT2D eigenvalue weighted by molar-refractivity contribution is 5.95. The monoisotopic (exact) mass is 365 g/mol. The molecule has 0 aromatic heterocycles. The summed E-state index contributed by atoms with van der Waals surface area (Å²) >= 11 is 0. The van der Waals surface area contributed by atoms with Gasteiger partial charge in [0.1, 0.15) is 5.75 Å². The number of carbonyl (C=O) groups excluding carboxylic acids is 2. The molecule has 140 valence electrons. The zero-order valence-corrected chi connectivity index (χ0v) is 15.2. The lowest BCUT2D eigenvalue weighted by molar-refractivity contribution is -0.118. The maximum Gasteiger partial charge on any atom is 0.262 e. The Balaban J connectivity index is 1.37. The lowest BCUT2D eigenvalue weighted by atomic mass is 10.0. The fourth-order valence-corrected chi connectivity index (χ4v) is 3.60. The number of hydrogen-bond donors (Lipinski definition) is 2. The number of nitrogens with one attached hydrogen (secondary N) is 2. The Bertz CT molecular complexity index is 860. The molecule has 6 nitrogen and oxygen atoms in total. The predicted octanol–water partition coefficient (Wildman–Crippen LogP) is 3.19. The predicted molar refractivity (Wildman–Crippen MR) is 105 cm³/mol. The van der Waals surface area contributed by atoms with Crippen molar-refractivity contribution >= 4 is 28.9 Å². The molecule has 2 amide bonds. The number of para-hydroxylation sites is 2. The van der Waals surface area contributed by atoms with E-state index in [0.717, 1.165) is 35.7 Å². The van der Waals surface area contributed by atoms with Crippen molar-refractivity contribution in [2.75, 3.05) is 35.2 Å². The minimum absolute atomic E-state index is 0.0345. The first-order valence-electron chi connectivity index (χ1n) is 9.38. The van der Waals surface area contributed by atoms with E-state index in [-0.39, 0.29) is 18.4 Å². The highest BCUT2D eigenvalue weighted by Gasteiger charge is 2.17. The smallest absolute Gasteiger partial charge is 0.262 e. The molecule has 2 aliphatic rings. The molecular weight excluding hydrogens is 342 g/mol. The highest BCUT2D eigenvalue weighted by atomic mass is 16.5. The molecule has 2 aromatic rings. The first-order valence-corrected chi connectivity index (χ1v) is 9.38. The number of ether oxygens (including phenoxy) is 1. The van der Waals surface area contributed by atoms with Crippen molar-refractivity contribution in [3.05, 3.63) is 48.0 Å². The Morgan fingerprint density at radius 3 is 2.78 bits per heavy atom. The average molecular weight is 365 g/mol. The number of hydrogen-bond acceptors (Lipinski definition) is 4. The summed E-state index contributed by atoms with van der Waals surface area (Å²) in [5.74, 6) is 0.479. The van der Waals surface area contributed by atoms with Gasteiger partial charge in [0.05, 0.1) is 11.4 Å². The second kappa shape index (κ2) is 7.70. The highest BCUT2D eigenvalue weighted by Crippen LogP contribution is 2.29. The van der Waals surface area contributed by atoms with Crippen molar-refractivity contribution in [2.24, 2.45) is 0 Å². The summed E-state index contributed by atoms with van der Waals surface area (Å²) in [4.78, 5) is 26.1. The molecule has 1 saturated heterocycles. The topological polar surface area (TPSA) is 70.7 Å². The summed E-state index contributed by atoms with van der Waals surface area (Å²) < 4.78 is 5.66. The minimum atomic E-state index is -0.187. The SMILES string of the molecule is O=C1CCc2cc(OCC(=O)Nc3ccccc3N3CCCC3)ccc2N1. The zero-order valence-electron chi connectivity index (χ0n) is 15.2. The van der Waals surface area contributed by atoms with E-state index in [2.05, 4.69) is 15.5 Å². The normalized spacial score (nSPS) is 15.9. The molecule has 2 heterocycles. The Morgan fingerprint density at radius 2 is 1.93 bits per heavy atom. The van der Waals surface area contributed by atoms with Crippen LogP contribution in [-0.2, 0) is 16.0 Å². The summed E-state index contributed by atoms with van der Waals surface area (Å²) in [5, 5.41) is 5.80. The van der Waals surface area contributed by atoms with Crippen LogP contribution in [0.25, 0.3) is 0 Å². The Labute approximate surface area is 158 Å². The van der Waals surface area contributed by atoms with E-state index in [4.69, 9.17) is 4.74 Å². The fourth-order valence-electron chi connectivity index (χ4n) is 3.60. The molecule has 0 aliphatic carbocycles. The van der Waals surface area contributed by atoms with Crippen molar-refractivity contribution in [3.63, 3.8) is 0 Å². The largest absolute Gasteiger partial charge is 0.484 e. The average Bonchev–Trinajstić information content (AvgIpc) is 3.21. The number of fused-ring (bicyclic) bond motifs is 1. The number of nitrogens with zero attached hydrogens (tertiary/aromatic N) is 1. The maximum absolute atomic E-state index is 12.4. The molecule has 2 aromatic carbocycles. The third kappa shape index (κ3) is 4.05. The zero-order chi connectivity index (χ0) is 18.6. The second-order valence-electron chi connectivity index (χ2n) is 6.92. The number of rotatable bonds is 5. The molecule has 0 radical (unpaired) electrons. The second-order valence-corrected chi connectivity index (χ2v) is 6.92. The number of carbonyl (C=O) groups is 2. The van der Waals surface area contributed by atoms with Gasteiger partial charge in [0.25, 0.3) is 5.91 Å². The minimum Gasteiger partial charge on any atom is -0.484 e. The molecule has 2 N–H and O–H groups in total. The van der Waals surface area contributed by atoms with Crippen LogP contribution in [-0.4, -0.2) is 31.5 Å². The van der Waals surface area contributed by atoms with Crippen LogP contribution in [0.4, 0.5) is 17.1 Å².